The Morgan fingerprint density at radius 2 is 1.22 bits per heavy atom. The minimum Gasteiger partial charge on any atom is -0.441 e. The second kappa shape index (κ2) is 14.6. The Labute approximate surface area is 315 Å². The number of rotatable bonds is 9. The third kappa shape index (κ3) is 6.91. The van der Waals surface area contributed by atoms with Crippen LogP contribution in [0.5, 0.6) is 11.5 Å². The maximum absolute atomic E-state index is 13.7. The van der Waals surface area contributed by atoms with Crippen LogP contribution < -0.4 is 9.47 Å². The normalized spacial score (nSPS) is 15.1. The lowest BCUT2D eigenvalue weighted by Crippen LogP contribution is -2.32. The van der Waals surface area contributed by atoms with Gasteiger partial charge in [0.2, 0.25) is 0 Å². The molecule has 260 valence electrons. The van der Waals surface area contributed by atoms with Crippen molar-refractivity contribution < 1.29 is 28.6 Å². The molecule has 6 rings (SSSR count). The zero-order valence-corrected chi connectivity index (χ0v) is 32.5. The van der Waals surface area contributed by atoms with Crippen LogP contribution in [0.3, 0.4) is 0 Å². The Hall–Kier alpha value is -4.53. The minimum absolute atomic E-state index is 0.0357. The molecule has 1 aliphatic rings. The van der Waals surface area contributed by atoms with E-state index in [0.717, 1.165) is 43.4 Å². The van der Waals surface area contributed by atoms with Crippen LogP contribution in [0, 0.1) is 13.8 Å². The van der Waals surface area contributed by atoms with E-state index in [4.69, 9.17) is 14.2 Å². The van der Waals surface area contributed by atoms with E-state index in [0.29, 0.717) is 32.7 Å². The van der Waals surface area contributed by atoms with Crippen LogP contribution in [0.25, 0.3) is 0 Å². The lowest BCUT2D eigenvalue weighted by molar-refractivity contribution is -0.133. The summed E-state index contributed by atoms with van der Waals surface area (Å²) in [5.74, 6) is -0.480. The van der Waals surface area contributed by atoms with Gasteiger partial charge in [0, 0.05) is 25.6 Å². The molecule has 51 heavy (non-hydrogen) atoms. The monoisotopic (exact) mass is 808 g/mol. The predicted octanol–water partition coefficient (Wildman–Crippen LogP) is 10.9. The molecular weight excluding hydrogens is 772 g/mol. The summed E-state index contributed by atoms with van der Waals surface area (Å²) in [6, 6.07) is 29.9. The zero-order valence-electron chi connectivity index (χ0n) is 29.3. The fraction of sp³-hybridized carbons (Fsp3) is 0.233. The molecule has 1 heterocycles. The topological polar surface area (TPSA) is 78.9 Å². The Balaban J connectivity index is 1.51. The molecule has 0 fully saturated rings. The van der Waals surface area contributed by atoms with E-state index in [1.807, 2.05) is 114 Å². The summed E-state index contributed by atoms with van der Waals surface area (Å²) < 4.78 is 20.2. The second-order valence-electron chi connectivity index (χ2n) is 13.4. The standard InChI is InChI=1S/C43H38Br2O6/c1-24(2)31-22-34(26(5)19-38(31)49-40(46)21-28-13-7-11-17-36(28)44)43(33-16-10-8-14-29(33)42(48)51-43)35-23-32(25(3)4)39(20-27(35)6)50-41(47)30-15-9-12-18-37(30)45/h7-20,22-25H,21H2,1-6H3/t43-/m0/s1. The van der Waals surface area contributed by atoms with E-state index >= 15 is 0 Å². The van der Waals surface area contributed by atoms with Crippen LogP contribution in [0.1, 0.15) is 105 Å². The van der Waals surface area contributed by atoms with Gasteiger partial charge in [-0.05, 0) is 118 Å². The van der Waals surface area contributed by atoms with Gasteiger partial charge in [-0.2, -0.15) is 0 Å². The number of halogens is 2. The molecule has 0 aromatic heterocycles. The first kappa shape index (κ1) is 36.3. The van der Waals surface area contributed by atoms with Crippen molar-refractivity contribution >= 4 is 49.8 Å². The lowest BCUT2D eigenvalue weighted by Gasteiger charge is -2.34. The molecule has 8 heteroatoms. The van der Waals surface area contributed by atoms with Crippen molar-refractivity contribution in [1.29, 1.82) is 0 Å². The van der Waals surface area contributed by atoms with Crippen molar-refractivity contribution in [1.82, 2.24) is 0 Å². The van der Waals surface area contributed by atoms with E-state index in [-0.39, 0.29) is 24.2 Å². The summed E-state index contributed by atoms with van der Waals surface area (Å²) in [5, 5.41) is 0. The van der Waals surface area contributed by atoms with Gasteiger partial charge in [0.05, 0.1) is 17.5 Å². The van der Waals surface area contributed by atoms with Gasteiger partial charge in [-0.15, -0.1) is 0 Å². The Kier molecular flexibility index (Phi) is 10.4. The van der Waals surface area contributed by atoms with Gasteiger partial charge in [-0.25, -0.2) is 9.59 Å². The van der Waals surface area contributed by atoms with Crippen molar-refractivity contribution in [3.8, 4) is 11.5 Å². The smallest absolute Gasteiger partial charge is 0.344 e. The van der Waals surface area contributed by atoms with Crippen LogP contribution in [0.4, 0.5) is 0 Å². The number of aryl methyl sites for hydroxylation is 2. The Bertz CT molecular complexity index is 2190. The number of fused-ring (bicyclic) bond motifs is 1. The maximum atomic E-state index is 13.7. The highest BCUT2D eigenvalue weighted by Crippen LogP contribution is 2.51. The van der Waals surface area contributed by atoms with Crippen LogP contribution >= 0.6 is 31.9 Å². The fourth-order valence-corrected chi connectivity index (χ4v) is 7.61. The van der Waals surface area contributed by atoms with Crippen molar-refractivity contribution in [2.75, 3.05) is 0 Å². The van der Waals surface area contributed by atoms with Crippen molar-refractivity contribution in [2.24, 2.45) is 0 Å². The Morgan fingerprint density at radius 3 is 1.80 bits per heavy atom. The molecule has 0 bridgehead atoms. The number of carbonyl (C=O) groups excluding carboxylic acids is 3. The molecule has 0 aliphatic carbocycles. The number of benzene rings is 5. The highest BCUT2D eigenvalue weighted by molar-refractivity contribution is 9.10. The van der Waals surface area contributed by atoms with Gasteiger partial charge in [0.1, 0.15) is 11.5 Å². The SMILES string of the molecule is Cc1cc(OC(=O)Cc2ccccc2Br)c(C(C)C)cc1[C@@]1(c2cc(C(C)C)c(OC(=O)c3ccccc3Br)cc2C)OC(=O)c2ccccc21. The summed E-state index contributed by atoms with van der Waals surface area (Å²) in [6.07, 6.45) is 0.101. The third-order valence-corrected chi connectivity index (χ3v) is 10.8. The highest BCUT2D eigenvalue weighted by Gasteiger charge is 2.50. The Morgan fingerprint density at radius 1 is 0.686 bits per heavy atom. The number of cyclic esters (lactones) is 1. The second-order valence-corrected chi connectivity index (χ2v) is 15.2. The number of esters is 3. The predicted molar refractivity (Wildman–Crippen MR) is 205 cm³/mol. The molecule has 0 saturated carbocycles. The average molecular weight is 811 g/mol. The third-order valence-electron chi connectivity index (χ3n) is 9.30. The highest BCUT2D eigenvalue weighted by atomic mass is 79.9. The van der Waals surface area contributed by atoms with Gasteiger partial charge in [0.15, 0.2) is 5.60 Å². The van der Waals surface area contributed by atoms with E-state index < -0.39 is 17.5 Å². The van der Waals surface area contributed by atoms with E-state index in [1.165, 1.54) is 0 Å². The molecule has 1 atom stereocenters. The summed E-state index contributed by atoms with van der Waals surface area (Å²) in [5.41, 5.74) is 5.74. The largest absolute Gasteiger partial charge is 0.441 e. The minimum atomic E-state index is -1.34. The lowest BCUT2D eigenvalue weighted by atomic mass is 9.74. The average Bonchev–Trinajstić information content (AvgIpc) is 3.38. The number of hydrogen-bond acceptors (Lipinski definition) is 6. The summed E-state index contributed by atoms with van der Waals surface area (Å²) in [6.45, 7) is 12.0. The molecule has 5 aromatic carbocycles. The van der Waals surface area contributed by atoms with Gasteiger partial charge in [0.25, 0.3) is 0 Å². The van der Waals surface area contributed by atoms with Crippen LogP contribution in [-0.2, 0) is 21.6 Å². The first-order valence-electron chi connectivity index (χ1n) is 16.9. The van der Waals surface area contributed by atoms with Crippen molar-refractivity contribution in [2.45, 2.75) is 65.4 Å². The molecular formula is C43H38Br2O6. The molecule has 0 saturated heterocycles. The molecule has 1 aliphatic heterocycles. The quantitative estimate of drug-likeness (QED) is 0.109. The maximum Gasteiger partial charge on any atom is 0.344 e. The number of ether oxygens (including phenoxy) is 3. The molecule has 0 N–H and O–H groups in total. The number of carbonyl (C=O) groups is 3. The summed E-state index contributed by atoms with van der Waals surface area (Å²) in [4.78, 5) is 40.4. The van der Waals surface area contributed by atoms with Crippen molar-refractivity contribution in [3.05, 3.63) is 162 Å². The fourth-order valence-electron chi connectivity index (χ4n) is 6.73. The van der Waals surface area contributed by atoms with Crippen LogP contribution in [0.15, 0.2) is 106 Å². The van der Waals surface area contributed by atoms with E-state index in [1.54, 1.807) is 24.3 Å². The molecule has 0 unspecified atom stereocenters. The molecule has 6 nitrogen and oxygen atoms in total. The van der Waals surface area contributed by atoms with Gasteiger partial charge in [-0.1, -0.05) is 92.2 Å². The van der Waals surface area contributed by atoms with E-state index in [2.05, 4.69) is 31.9 Å². The van der Waals surface area contributed by atoms with Gasteiger partial charge < -0.3 is 14.2 Å². The molecule has 0 radical (unpaired) electrons. The first-order chi connectivity index (χ1) is 24.3. The van der Waals surface area contributed by atoms with Crippen LogP contribution in [-0.4, -0.2) is 17.9 Å². The van der Waals surface area contributed by atoms with Gasteiger partial charge >= 0.3 is 17.9 Å². The summed E-state index contributed by atoms with van der Waals surface area (Å²) in [7, 11) is 0. The van der Waals surface area contributed by atoms with Crippen LogP contribution in [0.2, 0.25) is 0 Å². The van der Waals surface area contributed by atoms with Gasteiger partial charge in [-0.3, -0.25) is 4.79 Å². The summed E-state index contributed by atoms with van der Waals surface area (Å²) >= 11 is 6.99. The number of hydrogen-bond donors (Lipinski definition) is 0. The van der Waals surface area contributed by atoms with Crippen molar-refractivity contribution in [3.63, 3.8) is 0 Å². The first-order valence-corrected chi connectivity index (χ1v) is 18.4. The molecule has 0 spiro atoms. The van der Waals surface area contributed by atoms with E-state index in [9.17, 15) is 14.4 Å². The molecule has 0 amide bonds. The zero-order chi connectivity index (χ0) is 36.6. The molecule has 5 aromatic rings.